The first-order chi connectivity index (χ1) is 7.88. The normalized spacial score (nSPS) is 16.7. The maximum atomic E-state index is 8.59. The van der Waals surface area contributed by atoms with Crippen molar-refractivity contribution in [3.05, 3.63) is 17.8 Å². The van der Waals surface area contributed by atoms with E-state index >= 15 is 0 Å². The number of rotatable bonds is 3. The third kappa shape index (κ3) is 2.93. The van der Waals surface area contributed by atoms with Gasteiger partial charge in [-0.05, 0) is 30.9 Å². The van der Waals surface area contributed by atoms with Gasteiger partial charge in [0.2, 0.25) is 0 Å². The Labute approximate surface area is 95.7 Å². The third-order valence-corrected chi connectivity index (χ3v) is 3.08. The molecule has 0 radical (unpaired) electrons. The summed E-state index contributed by atoms with van der Waals surface area (Å²) in [5.41, 5.74) is 0.364. The van der Waals surface area contributed by atoms with Crippen molar-refractivity contribution in [2.75, 3.05) is 11.9 Å². The van der Waals surface area contributed by atoms with Gasteiger partial charge >= 0.3 is 0 Å². The number of nitrogens with zero attached hydrogens (tertiary/aromatic N) is 3. The van der Waals surface area contributed by atoms with Crippen LogP contribution in [0.4, 0.5) is 5.82 Å². The van der Waals surface area contributed by atoms with Crippen LogP contribution >= 0.6 is 0 Å². The number of anilines is 1. The molecule has 1 aliphatic carbocycles. The van der Waals surface area contributed by atoms with Crippen LogP contribution in [-0.4, -0.2) is 16.7 Å². The lowest BCUT2D eigenvalue weighted by Crippen LogP contribution is -2.17. The van der Waals surface area contributed by atoms with Crippen LogP contribution in [0.1, 0.15) is 37.8 Å². The summed E-state index contributed by atoms with van der Waals surface area (Å²) in [5, 5.41) is 19.6. The van der Waals surface area contributed by atoms with Gasteiger partial charge in [0.05, 0.1) is 0 Å². The Morgan fingerprint density at radius 2 is 2.06 bits per heavy atom. The molecule has 0 amide bonds. The Balaban J connectivity index is 1.82. The van der Waals surface area contributed by atoms with Crippen molar-refractivity contribution in [2.24, 2.45) is 5.92 Å². The van der Waals surface area contributed by atoms with E-state index in [0.29, 0.717) is 5.69 Å². The fourth-order valence-corrected chi connectivity index (χ4v) is 2.13. The molecule has 1 fully saturated rings. The first-order valence-electron chi connectivity index (χ1n) is 5.86. The van der Waals surface area contributed by atoms with Crippen molar-refractivity contribution in [2.45, 2.75) is 32.1 Å². The van der Waals surface area contributed by atoms with E-state index in [4.69, 9.17) is 5.26 Å². The maximum absolute atomic E-state index is 8.59. The van der Waals surface area contributed by atoms with Crippen molar-refractivity contribution in [1.29, 1.82) is 5.26 Å². The molecule has 1 aliphatic rings. The van der Waals surface area contributed by atoms with Gasteiger partial charge in [0.1, 0.15) is 11.9 Å². The molecule has 4 heteroatoms. The summed E-state index contributed by atoms with van der Waals surface area (Å²) in [5.74, 6) is 1.54. The zero-order chi connectivity index (χ0) is 11.2. The number of nitriles is 1. The quantitative estimate of drug-likeness (QED) is 0.842. The van der Waals surface area contributed by atoms with Crippen LogP contribution in [0, 0.1) is 17.2 Å². The molecule has 84 valence electrons. The van der Waals surface area contributed by atoms with Crippen LogP contribution in [0.3, 0.4) is 0 Å². The van der Waals surface area contributed by atoms with Gasteiger partial charge in [-0.25, -0.2) is 0 Å². The third-order valence-electron chi connectivity index (χ3n) is 3.08. The lowest BCUT2D eigenvalue weighted by Gasteiger charge is -2.21. The Hall–Kier alpha value is -1.63. The zero-order valence-electron chi connectivity index (χ0n) is 9.32. The second kappa shape index (κ2) is 5.45. The molecule has 1 N–H and O–H groups in total. The van der Waals surface area contributed by atoms with Crippen molar-refractivity contribution < 1.29 is 0 Å². The van der Waals surface area contributed by atoms with E-state index < -0.39 is 0 Å². The molecule has 0 aromatic carbocycles. The largest absolute Gasteiger partial charge is 0.368 e. The minimum atomic E-state index is 0.364. The molecule has 0 bridgehead atoms. The smallest absolute Gasteiger partial charge is 0.163 e. The number of nitrogens with one attached hydrogen (secondary N) is 1. The molecule has 0 spiro atoms. The van der Waals surface area contributed by atoms with Gasteiger partial charge in [-0.3, -0.25) is 0 Å². The van der Waals surface area contributed by atoms with E-state index in [1.807, 2.05) is 12.1 Å². The van der Waals surface area contributed by atoms with Gasteiger partial charge in [-0.1, -0.05) is 19.3 Å². The first-order valence-corrected chi connectivity index (χ1v) is 5.86. The van der Waals surface area contributed by atoms with Crippen molar-refractivity contribution >= 4 is 5.82 Å². The highest BCUT2D eigenvalue weighted by molar-refractivity contribution is 5.35. The minimum absolute atomic E-state index is 0.364. The number of hydrogen-bond donors (Lipinski definition) is 1. The molecule has 2 rings (SSSR count). The summed E-state index contributed by atoms with van der Waals surface area (Å²) in [4.78, 5) is 0. The van der Waals surface area contributed by atoms with Crippen molar-refractivity contribution in [3.63, 3.8) is 0 Å². The molecule has 0 atom stereocenters. The number of aromatic nitrogens is 2. The number of hydrogen-bond acceptors (Lipinski definition) is 4. The molecule has 0 saturated heterocycles. The summed E-state index contributed by atoms with van der Waals surface area (Å²) in [6.45, 7) is 0.973. The topological polar surface area (TPSA) is 61.6 Å². The van der Waals surface area contributed by atoms with Crippen LogP contribution in [0.2, 0.25) is 0 Å². The SMILES string of the molecule is N#Cc1ccc(NCC2CCCCC2)nn1. The van der Waals surface area contributed by atoms with E-state index in [1.54, 1.807) is 6.07 Å². The average Bonchev–Trinajstić information content (AvgIpc) is 2.38. The standard InChI is InChI=1S/C12H16N4/c13-8-11-6-7-12(16-15-11)14-9-10-4-2-1-3-5-10/h6-7,10H,1-5,9H2,(H,14,16). The van der Waals surface area contributed by atoms with Crippen LogP contribution < -0.4 is 5.32 Å². The average molecular weight is 216 g/mol. The Bertz CT molecular complexity index is 360. The maximum Gasteiger partial charge on any atom is 0.163 e. The molecule has 1 aromatic rings. The van der Waals surface area contributed by atoms with Gasteiger partial charge in [0.25, 0.3) is 0 Å². The van der Waals surface area contributed by atoms with Gasteiger partial charge in [-0.15, -0.1) is 10.2 Å². The van der Waals surface area contributed by atoms with Crippen LogP contribution in [0.15, 0.2) is 12.1 Å². The monoisotopic (exact) mass is 216 g/mol. The van der Waals surface area contributed by atoms with Crippen molar-refractivity contribution in [1.82, 2.24) is 10.2 Å². The van der Waals surface area contributed by atoms with Crippen LogP contribution in [0.25, 0.3) is 0 Å². The highest BCUT2D eigenvalue weighted by Crippen LogP contribution is 2.23. The van der Waals surface area contributed by atoms with Gasteiger partial charge in [0.15, 0.2) is 5.69 Å². The highest BCUT2D eigenvalue weighted by atomic mass is 15.2. The summed E-state index contributed by atoms with van der Waals surface area (Å²) >= 11 is 0. The molecule has 0 aliphatic heterocycles. The molecule has 1 saturated carbocycles. The van der Waals surface area contributed by atoms with Crippen LogP contribution in [0.5, 0.6) is 0 Å². The van der Waals surface area contributed by atoms with Gasteiger partial charge < -0.3 is 5.32 Å². The summed E-state index contributed by atoms with van der Waals surface area (Å²) in [6.07, 6.45) is 6.72. The molecule has 1 heterocycles. The fraction of sp³-hybridized carbons (Fsp3) is 0.583. The molecular formula is C12H16N4. The summed E-state index contributed by atoms with van der Waals surface area (Å²) < 4.78 is 0. The Morgan fingerprint density at radius 1 is 1.25 bits per heavy atom. The minimum Gasteiger partial charge on any atom is -0.368 e. The first kappa shape index (κ1) is 10.9. The Kier molecular flexibility index (Phi) is 3.71. The molecule has 4 nitrogen and oxygen atoms in total. The van der Waals surface area contributed by atoms with Gasteiger partial charge in [-0.2, -0.15) is 5.26 Å². The lowest BCUT2D eigenvalue weighted by molar-refractivity contribution is 0.373. The molecule has 16 heavy (non-hydrogen) atoms. The molecule has 0 unspecified atom stereocenters. The molecular weight excluding hydrogens is 200 g/mol. The van der Waals surface area contributed by atoms with E-state index in [-0.39, 0.29) is 0 Å². The predicted molar refractivity (Wildman–Crippen MR) is 61.8 cm³/mol. The van der Waals surface area contributed by atoms with E-state index in [2.05, 4.69) is 15.5 Å². The van der Waals surface area contributed by atoms with Crippen molar-refractivity contribution in [3.8, 4) is 6.07 Å². The summed E-state index contributed by atoms with van der Waals surface area (Å²) in [7, 11) is 0. The highest BCUT2D eigenvalue weighted by Gasteiger charge is 2.12. The van der Waals surface area contributed by atoms with E-state index in [1.165, 1.54) is 32.1 Å². The zero-order valence-corrected chi connectivity index (χ0v) is 9.32. The second-order valence-corrected chi connectivity index (χ2v) is 4.30. The van der Waals surface area contributed by atoms with Gasteiger partial charge in [0, 0.05) is 6.54 Å². The summed E-state index contributed by atoms with van der Waals surface area (Å²) in [6, 6.07) is 5.46. The molecule has 1 aromatic heterocycles. The second-order valence-electron chi connectivity index (χ2n) is 4.30. The Morgan fingerprint density at radius 3 is 2.69 bits per heavy atom. The lowest BCUT2D eigenvalue weighted by atomic mass is 9.89. The predicted octanol–water partition coefficient (Wildman–Crippen LogP) is 2.34. The fourth-order valence-electron chi connectivity index (χ4n) is 2.13. The van der Waals surface area contributed by atoms with E-state index in [9.17, 15) is 0 Å². The van der Waals surface area contributed by atoms with E-state index in [0.717, 1.165) is 18.3 Å². The van der Waals surface area contributed by atoms with Crippen LogP contribution in [-0.2, 0) is 0 Å².